The third-order valence-corrected chi connectivity index (χ3v) is 5.93. The van der Waals surface area contributed by atoms with E-state index in [1.54, 1.807) is 0 Å². The quantitative estimate of drug-likeness (QED) is 0.211. The van der Waals surface area contributed by atoms with Gasteiger partial charge in [-0.3, -0.25) is 0 Å². The lowest BCUT2D eigenvalue weighted by Crippen LogP contribution is -2.07. The molecule has 0 saturated carbocycles. The predicted octanol–water partition coefficient (Wildman–Crippen LogP) is 7.38. The average molecular weight is 367 g/mol. The number of unbranched alkanes of at least 4 members (excludes halogenated alkanes) is 10. The van der Waals surface area contributed by atoms with E-state index in [0.717, 1.165) is 26.1 Å². The Morgan fingerprint density at radius 1 is 0.600 bits per heavy atom. The van der Waals surface area contributed by atoms with Crippen molar-refractivity contribution < 1.29 is 9.05 Å². The van der Waals surface area contributed by atoms with E-state index in [-0.39, 0.29) is 0 Å². The van der Waals surface area contributed by atoms with Gasteiger partial charge in [-0.05, 0) is 25.0 Å². The molecule has 0 heterocycles. The van der Waals surface area contributed by atoms with Gasteiger partial charge in [0.15, 0.2) is 0 Å². The summed E-state index contributed by atoms with van der Waals surface area (Å²) >= 11 is 0. The fourth-order valence-corrected chi connectivity index (χ4v) is 4.17. The molecule has 0 aromatic heterocycles. The van der Waals surface area contributed by atoms with Crippen molar-refractivity contribution in [3.63, 3.8) is 0 Å². The highest BCUT2D eigenvalue weighted by Crippen LogP contribution is 2.37. The Hall–Kier alpha value is -0.430. The molecule has 0 saturated heterocycles. The van der Waals surface area contributed by atoms with Crippen LogP contribution < -0.4 is 5.30 Å². The molecule has 0 aliphatic carbocycles. The third-order valence-electron chi connectivity index (χ3n) is 4.38. The number of hydrogen-bond donors (Lipinski definition) is 0. The monoisotopic (exact) mass is 366 g/mol. The van der Waals surface area contributed by atoms with Gasteiger partial charge >= 0.3 is 0 Å². The average Bonchev–Trinajstić information content (AvgIpc) is 2.65. The molecule has 0 amide bonds. The summed E-state index contributed by atoms with van der Waals surface area (Å²) in [6, 6.07) is 10.5. The Labute approximate surface area is 157 Å². The van der Waals surface area contributed by atoms with Gasteiger partial charge in [-0.1, -0.05) is 96.3 Å². The molecular formula is C22H39O2P. The third kappa shape index (κ3) is 12.5. The molecule has 1 rings (SSSR count). The first kappa shape index (κ1) is 22.6. The minimum Gasteiger partial charge on any atom is -0.331 e. The van der Waals surface area contributed by atoms with Gasteiger partial charge in [-0.15, -0.1) is 0 Å². The van der Waals surface area contributed by atoms with Crippen LogP contribution in [0.15, 0.2) is 30.3 Å². The van der Waals surface area contributed by atoms with Crippen LogP contribution in [0.25, 0.3) is 0 Å². The Morgan fingerprint density at radius 2 is 1.04 bits per heavy atom. The summed E-state index contributed by atoms with van der Waals surface area (Å²) in [6.07, 6.45) is 15.6. The normalized spacial score (nSPS) is 11.3. The highest BCUT2D eigenvalue weighted by atomic mass is 31.2. The Bertz CT molecular complexity index is 365. The second-order valence-corrected chi connectivity index (χ2v) is 8.34. The molecule has 1 aromatic rings. The van der Waals surface area contributed by atoms with Crippen molar-refractivity contribution in [1.82, 2.24) is 0 Å². The maximum atomic E-state index is 6.12. The van der Waals surface area contributed by atoms with E-state index in [1.165, 1.54) is 69.5 Å². The molecular weight excluding hydrogens is 327 g/mol. The van der Waals surface area contributed by atoms with Crippen LogP contribution in [0.2, 0.25) is 0 Å². The molecule has 0 radical (unpaired) electrons. The molecule has 0 bridgehead atoms. The van der Waals surface area contributed by atoms with Gasteiger partial charge in [-0.25, -0.2) is 0 Å². The van der Waals surface area contributed by atoms with E-state index < -0.39 is 8.38 Å². The summed E-state index contributed by atoms with van der Waals surface area (Å²) in [5, 5.41) is 1.20. The van der Waals surface area contributed by atoms with E-state index >= 15 is 0 Å². The maximum absolute atomic E-state index is 6.12. The lowest BCUT2D eigenvalue weighted by Gasteiger charge is -2.18. The molecule has 1 aromatic carbocycles. The number of benzene rings is 1. The largest absolute Gasteiger partial charge is 0.331 e. The van der Waals surface area contributed by atoms with Crippen molar-refractivity contribution in [2.75, 3.05) is 13.2 Å². The zero-order chi connectivity index (χ0) is 18.0. The van der Waals surface area contributed by atoms with Gasteiger partial charge in [0, 0.05) is 5.30 Å². The summed E-state index contributed by atoms with van der Waals surface area (Å²) < 4.78 is 12.2. The Balaban J connectivity index is 2.21. The predicted molar refractivity (Wildman–Crippen MR) is 112 cm³/mol. The van der Waals surface area contributed by atoms with Crippen molar-refractivity contribution in [3.05, 3.63) is 30.3 Å². The van der Waals surface area contributed by atoms with E-state index in [9.17, 15) is 0 Å². The summed E-state index contributed by atoms with van der Waals surface area (Å²) in [6.45, 7) is 6.17. The Morgan fingerprint density at radius 3 is 1.52 bits per heavy atom. The summed E-state index contributed by atoms with van der Waals surface area (Å²) in [7, 11) is -0.911. The van der Waals surface area contributed by atoms with Gasteiger partial charge in [0.25, 0.3) is 0 Å². The Kier molecular flexibility index (Phi) is 15.4. The summed E-state index contributed by atoms with van der Waals surface area (Å²) in [5.74, 6) is 0. The molecule has 0 N–H and O–H groups in total. The van der Waals surface area contributed by atoms with Crippen molar-refractivity contribution in [1.29, 1.82) is 0 Å². The molecule has 0 fully saturated rings. The van der Waals surface area contributed by atoms with Crippen LogP contribution in [0, 0.1) is 0 Å². The zero-order valence-corrected chi connectivity index (χ0v) is 17.4. The first-order valence-corrected chi connectivity index (χ1v) is 11.7. The number of rotatable bonds is 17. The first-order chi connectivity index (χ1) is 12.4. The van der Waals surface area contributed by atoms with Crippen molar-refractivity contribution in [2.24, 2.45) is 0 Å². The van der Waals surface area contributed by atoms with E-state index in [1.807, 2.05) is 0 Å². The molecule has 0 unspecified atom stereocenters. The SMILES string of the molecule is CCCCCCCCOP(OCCCCCCCC)c1ccccc1. The second kappa shape index (κ2) is 17.0. The molecule has 3 heteroatoms. The zero-order valence-electron chi connectivity index (χ0n) is 16.5. The smallest absolute Gasteiger partial charge is 0.205 e. The fraction of sp³-hybridized carbons (Fsp3) is 0.727. The minimum absolute atomic E-state index is 0.823. The van der Waals surface area contributed by atoms with Crippen LogP contribution in [-0.4, -0.2) is 13.2 Å². The summed E-state index contributed by atoms with van der Waals surface area (Å²) in [5.41, 5.74) is 0. The van der Waals surface area contributed by atoms with E-state index in [2.05, 4.69) is 44.2 Å². The second-order valence-electron chi connectivity index (χ2n) is 6.79. The minimum atomic E-state index is -0.911. The van der Waals surface area contributed by atoms with E-state index in [4.69, 9.17) is 9.05 Å². The number of hydrogen-bond acceptors (Lipinski definition) is 2. The topological polar surface area (TPSA) is 18.5 Å². The van der Waals surface area contributed by atoms with Crippen molar-refractivity contribution >= 4 is 13.7 Å². The molecule has 25 heavy (non-hydrogen) atoms. The molecule has 0 atom stereocenters. The lowest BCUT2D eigenvalue weighted by atomic mass is 10.1. The summed E-state index contributed by atoms with van der Waals surface area (Å²) in [4.78, 5) is 0. The van der Waals surface area contributed by atoms with E-state index in [0.29, 0.717) is 0 Å². The van der Waals surface area contributed by atoms with Gasteiger partial charge in [0.2, 0.25) is 8.38 Å². The van der Waals surface area contributed by atoms with Gasteiger partial charge in [-0.2, -0.15) is 0 Å². The molecule has 2 nitrogen and oxygen atoms in total. The molecule has 144 valence electrons. The lowest BCUT2D eigenvalue weighted by molar-refractivity contribution is 0.246. The van der Waals surface area contributed by atoms with Crippen molar-refractivity contribution in [3.8, 4) is 0 Å². The molecule has 0 aliphatic rings. The standard InChI is InChI=1S/C22H39O2P/c1-3-5-7-9-11-16-20-23-25(22-18-14-13-15-19-22)24-21-17-12-10-8-6-4-2/h13-15,18-19H,3-12,16-17,20-21H2,1-2H3. The maximum Gasteiger partial charge on any atom is 0.205 e. The highest BCUT2D eigenvalue weighted by molar-refractivity contribution is 7.56. The van der Waals surface area contributed by atoms with Crippen LogP contribution in [0.5, 0.6) is 0 Å². The van der Waals surface area contributed by atoms with Crippen molar-refractivity contribution in [2.45, 2.75) is 90.9 Å². The van der Waals surface area contributed by atoms with Gasteiger partial charge < -0.3 is 9.05 Å². The van der Waals surface area contributed by atoms with Crippen LogP contribution in [0.3, 0.4) is 0 Å². The molecule has 0 spiro atoms. The molecule has 0 aliphatic heterocycles. The van der Waals surface area contributed by atoms with Crippen LogP contribution in [-0.2, 0) is 9.05 Å². The highest BCUT2D eigenvalue weighted by Gasteiger charge is 2.13. The fourth-order valence-electron chi connectivity index (χ4n) is 2.80. The van der Waals surface area contributed by atoms with Gasteiger partial charge in [0.05, 0.1) is 13.2 Å². The van der Waals surface area contributed by atoms with Crippen LogP contribution in [0.4, 0.5) is 0 Å². The van der Waals surface area contributed by atoms with Crippen LogP contribution >= 0.6 is 8.38 Å². The van der Waals surface area contributed by atoms with Crippen LogP contribution in [0.1, 0.15) is 90.9 Å². The van der Waals surface area contributed by atoms with Gasteiger partial charge in [0.1, 0.15) is 0 Å². The first-order valence-electron chi connectivity index (χ1n) is 10.5.